The molecule has 1 fully saturated rings. The van der Waals surface area contributed by atoms with Gasteiger partial charge in [0.2, 0.25) is 0 Å². The predicted octanol–water partition coefficient (Wildman–Crippen LogP) is 1.25. The van der Waals surface area contributed by atoms with Crippen molar-refractivity contribution in [3.05, 3.63) is 18.1 Å². The zero-order chi connectivity index (χ0) is 15.9. The molecule has 0 saturated carbocycles. The summed E-state index contributed by atoms with van der Waals surface area (Å²) in [4.78, 5) is 24.2. The number of carbonyl (C=O) groups is 1. The van der Waals surface area contributed by atoms with Crippen LogP contribution in [0.2, 0.25) is 0 Å². The molecular formula is C15H25N5O2. The smallest absolute Gasteiger partial charge is 0.409 e. The first-order valence-corrected chi connectivity index (χ1v) is 7.74. The fourth-order valence-electron chi connectivity index (χ4n) is 2.44. The SMILES string of the molecule is CCOC(=O)N1CCC(NCc2nccc(N(C)C)n2)CC1. The molecule has 0 unspecified atom stereocenters. The Balaban J connectivity index is 1.77. The molecule has 7 nitrogen and oxygen atoms in total. The molecule has 0 aliphatic carbocycles. The molecule has 0 bridgehead atoms. The van der Waals surface area contributed by atoms with Gasteiger partial charge in [0.05, 0.1) is 13.2 Å². The van der Waals surface area contributed by atoms with Crippen molar-refractivity contribution in [2.45, 2.75) is 32.4 Å². The molecule has 0 atom stereocenters. The zero-order valence-electron chi connectivity index (χ0n) is 13.6. The van der Waals surface area contributed by atoms with E-state index in [9.17, 15) is 4.79 Å². The molecule has 1 aromatic heterocycles. The average molecular weight is 307 g/mol. The first kappa shape index (κ1) is 16.5. The number of amides is 1. The highest BCUT2D eigenvalue weighted by molar-refractivity contribution is 5.67. The molecule has 122 valence electrons. The monoisotopic (exact) mass is 307 g/mol. The maximum absolute atomic E-state index is 11.6. The van der Waals surface area contributed by atoms with Crippen LogP contribution in [0.1, 0.15) is 25.6 Å². The second-order valence-corrected chi connectivity index (χ2v) is 5.57. The summed E-state index contributed by atoms with van der Waals surface area (Å²) in [5.74, 6) is 1.70. The lowest BCUT2D eigenvalue weighted by atomic mass is 10.1. The van der Waals surface area contributed by atoms with Gasteiger partial charge < -0.3 is 19.9 Å². The molecule has 1 aromatic rings. The number of ether oxygens (including phenoxy) is 1. The molecule has 22 heavy (non-hydrogen) atoms. The summed E-state index contributed by atoms with van der Waals surface area (Å²) < 4.78 is 5.02. The van der Waals surface area contributed by atoms with Gasteiger partial charge in [-0.3, -0.25) is 0 Å². The number of nitrogens with one attached hydrogen (secondary N) is 1. The van der Waals surface area contributed by atoms with E-state index in [1.54, 1.807) is 11.1 Å². The minimum Gasteiger partial charge on any atom is -0.450 e. The molecule has 1 N–H and O–H groups in total. The number of likely N-dealkylation sites (tertiary alicyclic amines) is 1. The Morgan fingerprint density at radius 3 is 2.82 bits per heavy atom. The molecule has 1 aliphatic heterocycles. The van der Waals surface area contributed by atoms with Gasteiger partial charge in [-0.1, -0.05) is 0 Å². The Morgan fingerprint density at radius 2 is 2.18 bits per heavy atom. The molecule has 1 amide bonds. The lowest BCUT2D eigenvalue weighted by Gasteiger charge is -2.31. The van der Waals surface area contributed by atoms with Crippen LogP contribution in [-0.2, 0) is 11.3 Å². The number of piperidine rings is 1. The van der Waals surface area contributed by atoms with Gasteiger partial charge in [0, 0.05) is 39.4 Å². The van der Waals surface area contributed by atoms with Crippen molar-refractivity contribution in [3.63, 3.8) is 0 Å². The summed E-state index contributed by atoms with van der Waals surface area (Å²) in [6.45, 7) is 4.36. The van der Waals surface area contributed by atoms with Crippen molar-refractivity contribution in [2.75, 3.05) is 38.7 Å². The fraction of sp³-hybridized carbons (Fsp3) is 0.667. The minimum absolute atomic E-state index is 0.206. The molecular weight excluding hydrogens is 282 g/mol. The van der Waals surface area contributed by atoms with Crippen LogP contribution in [0.5, 0.6) is 0 Å². The maximum atomic E-state index is 11.6. The van der Waals surface area contributed by atoms with Crippen molar-refractivity contribution < 1.29 is 9.53 Å². The van der Waals surface area contributed by atoms with Crippen LogP contribution < -0.4 is 10.2 Å². The molecule has 0 aromatic carbocycles. The number of nitrogens with zero attached hydrogens (tertiary/aromatic N) is 4. The van der Waals surface area contributed by atoms with Crippen molar-refractivity contribution in [1.29, 1.82) is 0 Å². The second kappa shape index (κ2) is 7.93. The van der Waals surface area contributed by atoms with Crippen molar-refractivity contribution >= 4 is 11.9 Å². The number of aromatic nitrogens is 2. The van der Waals surface area contributed by atoms with Crippen molar-refractivity contribution in [2.24, 2.45) is 0 Å². The average Bonchev–Trinajstić information content (AvgIpc) is 2.54. The standard InChI is InChI=1S/C15H25N5O2/c1-4-22-15(21)20-9-6-12(7-10-20)17-11-13-16-8-5-14(18-13)19(2)3/h5,8,12,17H,4,6-7,9-11H2,1-3H3. The van der Waals surface area contributed by atoms with E-state index >= 15 is 0 Å². The molecule has 2 rings (SSSR count). The van der Waals surface area contributed by atoms with E-state index in [1.165, 1.54) is 0 Å². The summed E-state index contributed by atoms with van der Waals surface area (Å²) in [5.41, 5.74) is 0. The lowest BCUT2D eigenvalue weighted by molar-refractivity contribution is 0.0949. The Bertz CT molecular complexity index is 487. The fourth-order valence-corrected chi connectivity index (χ4v) is 2.44. The first-order chi connectivity index (χ1) is 10.6. The van der Waals surface area contributed by atoms with Gasteiger partial charge in [0.15, 0.2) is 0 Å². The third-order valence-corrected chi connectivity index (χ3v) is 3.72. The quantitative estimate of drug-likeness (QED) is 0.883. The van der Waals surface area contributed by atoms with E-state index in [2.05, 4.69) is 15.3 Å². The van der Waals surface area contributed by atoms with E-state index in [1.807, 2.05) is 32.0 Å². The van der Waals surface area contributed by atoms with Crippen LogP contribution in [0.4, 0.5) is 10.6 Å². The Hall–Kier alpha value is -1.89. The minimum atomic E-state index is -0.206. The molecule has 7 heteroatoms. The summed E-state index contributed by atoms with van der Waals surface area (Å²) in [7, 11) is 3.93. The number of carbonyl (C=O) groups excluding carboxylic acids is 1. The summed E-state index contributed by atoms with van der Waals surface area (Å²) in [6.07, 6.45) is 3.42. The van der Waals surface area contributed by atoms with Gasteiger partial charge in [-0.2, -0.15) is 0 Å². The largest absolute Gasteiger partial charge is 0.450 e. The first-order valence-electron chi connectivity index (χ1n) is 7.74. The van der Waals surface area contributed by atoms with E-state index < -0.39 is 0 Å². The highest BCUT2D eigenvalue weighted by atomic mass is 16.6. The summed E-state index contributed by atoms with van der Waals surface area (Å²) in [6, 6.07) is 2.28. The highest BCUT2D eigenvalue weighted by Crippen LogP contribution is 2.12. The lowest BCUT2D eigenvalue weighted by Crippen LogP contribution is -2.45. The Morgan fingerprint density at radius 1 is 1.45 bits per heavy atom. The van der Waals surface area contributed by atoms with E-state index in [0.29, 0.717) is 19.2 Å². The van der Waals surface area contributed by atoms with E-state index in [-0.39, 0.29) is 6.09 Å². The van der Waals surface area contributed by atoms with Crippen LogP contribution in [0, 0.1) is 0 Å². The number of hydrogen-bond acceptors (Lipinski definition) is 6. The number of rotatable bonds is 5. The van der Waals surface area contributed by atoms with Gasteiger partial charge in [-0.15, -0.1) is 0 Å². The molecule has 1 aliphatic rings. The van der Waals surface area contributed by atoms with Gasteiger partial charge in [-0.05, 0) is 25.8 Å². The molecule has 1 saturated heterocycles. The van der Waals surface area contributed by atoms with Crippen molar-refractivity contribution in [1.82, 2.24) is 20.2 Å². The van der Waals surface area contributed by atoms with Gasteiger partial charge in [0.25, 0.3) is 0 Å². The summed E-state index contributed by atoms with van der Waals surface area (Å²) >= 11 is 0. The third-order valence-electron chi connectivity index (χ3n) is 3.72. The van der Waals surface area contributed by atoms with Gasteiger partial charge >= 0.3 is 6.09 Å². The van der Waals surface area contributed by atoms with Gasteiger partial charge in [-0.25, -0.2) is 14.8 Å². The second-order valence-electron chi connectivity index (χ2n) is 5.57. The molecule has 0 radical (unpaired) electrons. The van der Waals surface area contributed by atoms with E-state index in [0.717, 1.165) is 37.6 Å². The topological polar surface area (TPSA) is 70.6 Å². The van der Waals surface area contributed by atoms with E-state index in [4.69, 9.17) is 4.74 Å². The maximum Gasteiger partial charge on any atom is 0.409 e. The molecule has 2 heterocycles. The normalized spacial score (nSPS) is 15.7. The van der Waals surface area contributed by atoms with Crippen LogP contribution in [0.3, 0.4) is 0 Å². The predicted molar refractivity (Wildman–Crippen MR) is 84.8 cm³/mol. The van der Waals surface area contributed by atoms with Crippen LogP contribution in [0.15, 0.2) is 12.3 Å². The van der Waals surface area contributed by atoms with Crippen LogP contribution in [-0.4, -0.2) is 60.8 Å². The van der Waals surface area contributed by atoms with Gasteiger partial charge in [0.1, 0.15) is 11.6 Å². The Labute approximate surface area is 131 Å². The Kier molecular flexibility index (Phi) is 5.94. The molecule has 0 spiro atoms. The highest BCUT2D eigenvalue weighted by Gasteiger charge is 2.23. The van der Waals surface area contributed by atoms with Crippen LogP contribution >= 0.6 is 0 Å². The van der Waals surface area contributed by atoms with Crippen molar-refractivity contribution in [3.8, 4) is 0 Å². The third kappa shape index (κ3) is 4.56. The number of anilines is 1. The zero-order valence-corrected chi connectivity index (χ0v) is 13.6. The summed E-state index contributed by atoms with van der Waals surface area (Å²) in [5, 5.41) is 3.47. The van der Waals surface area contributed by atoms with Crippen LogP contribution in [0.25, 0.3) is 0 Å². The number of hydrogen-bond donors (Lipinski definition) is 1.